The normalized spacial score (nSPS) is 11.0. The predicted octanol–water partition coefficient (Wildman–Crippen LogP) is 3.03. The van der Waals surface area contributed by atoms with Gasteiger partial charge in [0.1, 0.15) is 17.3 Å². The van der Waals surface area contributed by atoms with Gasteiger partial charge in [0.2, 0.25) is 0 Å². The zero-order valence-corrected chi connectivity index (χ0v) is 13.4. The first-order chi connectivity index (χ1) is 10.4. The maximum absolute atomic E-state index is 13.7. The van der Waals surface area contributed by atoms with Crippen LogP contribution in [0.5, 0.6) is 0 Å². The van der Waals surface area contributed by atoms with Crippen molar-refractivity contribution in [3.05, 3.63) is 58.3 Å². The third-order valence-corrected chi connectivity index (χ3v) is 3.34. The van der Waals surface area contributed by atoms with Gasteiger partial charge in [0.05, 0.1) is 5.56 Å². The van der Waals surface area contributed by atoms with E-state index in [1.54, 1.807) is 32.0 Å². The van der Waals surface area contributed by atoms with Gasteiger partial charge in [-0.05, 0) is 51.7 Å². The maximum Gasteiger partial charge on any atom is 0.255 e. The van der Waals surface area contributed by atoms with Gasteiger partial charge in [0, 0.05) is 18.7 Å². The molecule has 0 spiro atoms. The van der Waals surface area contributed by atoms with Crippen LogP contribution < -0.4 is 5.32 Å². The quantitative estimate of drug-likeness (QED) is 0.923. The molecule has 0 unspecified atom stereocenters. The van der Waals surface area contributed by atoms with Crippen molar-refractivity contribution in [2.75, 3.05) is 14.1 Å². The smallest absolute Gasteiger partial charge is 0.255 e. The third-order valence-electron chi connectivity index (χ3n) is 3.34. The minimum absolute atomic E-state index is 0.187. The van der Waals surface area contributed by atoms with Gasteiger partial charge in [-0.1, -0.05) is 6.07 Å². The molecule has 0 aliphatic rings. The third kappa shape index (κ3) is 3.95. The summed E-state index contributed by atoms with van der Waals surface area (Å²) in [7, 11) is 3.77. The number of carbonyl (C=O) groups excluding carboxylic acids is 1. The molecule has 0 radical (unpaired) electrons. The van der Waals surface area contributed by atoms with Gasteiger partial charge in [-0.25, -0.2) is 4.39 Å². The monoisotopic (exact) mass is 304 g/mol. The molecular formula is C17H21FN2O2. The molecule has 4 nitrogen and oxygen atoms in total. The summed E-state index contributed by atoms with van der Waals surface area (Å²) in [6.45, 7) is 4.43. The summed E-state index contributed by atoms with van der Waals surface area (Å²) in [5.74, 6) is 0.887. The van der Waals surface area contributed by atoms with E-state index in [2.05, 4.69) is 5.32 Å². The molecule has 1 aromatic carbocycles. The van der Waals surface area contributed by atoms with E-state index >= 15 is 0 Å². The van der Waals surface area contributed by atoms with Crippen LogP contribution in [-0.4, -0.2) is 24.9 Å². The molecule has 5 heteroatoms. The van der Waals surface area contributed by atoms with Gasteiger partial charge >= 0.3 is 0 Å². The fourth-order valence-electron chi connectivity index (χ4n) is 2.33. The zero-order chi connectivity index (χ0) is 16.3. The first kappa shape index (κ1) is 16.2. The molecule has 2 aromatic rings. The second-order valence-corrected chi connectivity index (χ2v) is 5.67. The Kier molecular flexibility index (Phi) is 4.98. The predicted molar refractivity (Wildman–Crippen MR) is 83.1 cm³/mol. The molecule has 1 N–H and O–H groups in total. The number of furan rings is 1. The Bertz CT molecular complexity index is 677. The van der Waals surface area contributed by atoms with Gasteiger partial charge in [0.25, 0.3) is 5.91 Å². The van der Waals surface area contributed by atoms with Crippen molar-refractivity contribution in [2.45, 2.75) is 26.9 Å². The number of hydrogen-bond acceptors (Lipinski definition) is 3. The van der Waals surface area contributed by atoms with Crippen LogP contribution in [0.25, 0.3) is 0 Å². The Morgan fingerprint density at radius 2 is 2.00 bits per heavy atom. The van der Waals surface area contributed by atoms with Crippen molar-refractivity contribution in [2.24, 2.45) is 0 Å². The molecule has 1 heterocycles. The number of amides is 1. The lowest BCUT2D eigenvalue weighted by molar-refractivity contribution is 0.0949. The number of nitrogens with zero attached hydrogens (tertiary/aromatic N) is 1. The number of hydrogen-bond donors (Lipinski definition) is 1. The van der Waals surface area contributed by atoms with E-state index in [0.29, 0.717) is 35.7 Å². The fraction of sp³-hybridized carbons (Fsp3) is 0.353. The molecule has 0 saturated carbocycles. The molecule has 0 saturated heterocycles. The highest BCUT2D eigenvalue weighted by Gasteiger charge is 2.13. The molecular weight excluding hydrogens is 283 g/mol. The van der Waals surface area contributed by atoms with Crippen LogP contribution in [0.15, 0.2) is 28.7 Å². The lowest BCUT2D eigenvalue weighted by Gasteiger charge is -2.12. The van der Waals surface area contributed by atoms with Crippen LogP contribution in [-0.2, 0) is 13.1 Å². The summed E-state index contributed by atoms with van der Waals surface area (Å²) < 4.78 is 19.1. The summed E-state index contributed by atoms with van der Waals surface area (Å²) in [6, 6.07) is 6.62. The minimum Gasteiger partial charge on any atom is -0.466 e. The number of rotatable bonds is 5. The van der Waals surface area contributed by atoms with Crippen molar-refractivity contribution < 1.29 is 13.6 Å². The van der Waals surface area contributed by atoms with E-state index in [1.807, 2.05) is 19.0 Å². The van der Waals surface area contributed by atoms with Crippen LogP contribution in [0, 0.1) is 19.7 Å². The molecule has 2 rings (SSSR count). The van der Waals surface area contributed by atoms with Crippen molar-refractivity contribution >= 4 is 5.91 Å². The highest BCUT2D eigenvalue weighted by atomic mass is 19.1. The van der Waals surface area contributed by atoms with Gasteiger partial charge < -0.3 is 14.6 Å². The first-order valence-corrected chi connectivity index (χ1v) is 7.14. The lowest BCUT2D eigenvalue weighted by Crippen LogP contribution is -2.23. The van der Waals surface area contributed by atoms with E-state index in [0.717, 1.165) is 5.56 Å². The average Bonchev–Trinajstić information content (AvgIpc) is 2.78. The van der Waals surface area contributed by atoms with E-state index in [1.165, 1.54) is 6.07 Å². The van der Waals surface area contributed by atoms with Crippen LogP contribution in [0.3, 0.4) is 0 Å². The Morgan fingerprint density at radius 3 is 2.59 bits per heavy atom. The molecule has 0 aliphatic heterocycles. The Morgan fingerprint density at radius 1 is 1.27 bits per heavy atom. The first-order valence-electron chi connectivity index (χ1n) is 7.14. The average molecular weight is 304 g/mol. The van der Waals surface area contributed by atoms with E-state index < -0.39 is 0 Å². The van der Waals surface area contributed by atoms with Crippen LogP contribution in [0.1, 0.15) is 33.0 Å². The zero-order valence-electron chi connectivity index (χ0n) is 13.4. The van der Waals surface area contributed by atoms with Crippen molar-refractivity contribution in [3.63, 3.8) is 0 Å². The number of halogens is 1. The number of aryl methyl sites for hydroxylation is 2. The van der Waals surface area contributed by atoms with Crippen LogP contribution in [0.2, 0.25) is 0 Å². The Hall–Kier alpha value is -2.14. The van der Waals surface area contributed by atoms with E-state index in [9.17, 15) is 9.18 Å². The molecule has 0 fully saturated rings. The second-order valence-electron chi connectivity index (χ2n) is 5.67. The Labute approximate surface area is 129 Å². The molecule has 0 aliphatic carbocycles. The molecule has 0 atom stereocenters. The summed E-state index contributed by atoms with van der Waals surface area (Å²) in [4.78, 5) is 14.0. The SMILES string of the molecule is Cc1cc(C(=O)NCc2ccc(F)c(CN(C)C)c2)c(C)o1. The molecule has 0 bridgehead atoms. The van der Waals surface area contributed by atoms with Gasteiger partial charge in [0.15, 0.2) is 0 Å². The Balaban J connectivity index is 2.05. The van der Waals surface area contributed by atoms with Gasteiger partial charge in [-0.3, -0.25) is 4.79 Å². The second kappa shape index (κ2) is 6.75. The minimum atomic E-state index is -0.231. The van der Waals surface area contributed by atoms with Crippen LogP contribution in [0.4, 0.5) is 4.39 Å². The number of nitrogens with one attached hydrogen (secondary N) is 1. The summed E-state index contributed by atoms with van der Waals surface area (Å²) in [6.07, 6.45) is 0. The highest BCUT2D eigenvalue weighted by molar-refractivity contribution is 5.95. The van der Waals surface area contributed by atoms with Crippen molar-refractivity contribution in [1.82, 2.24) is 10.2 Å². The largest absolute Gasteiger partial charge is 0.466 e. The molecule has 1 aromatic heterocycles. The van der Waals surface area contributed by atoms with Crippen molar-refractivity contribution in [1.29, 1.82) is 0 Å². The number of carbonyl (C=O) groups is 1. The fourth-order valence-corrected chi connectivity index (χ4v) is 2.33. The number of benzene rings is 1. The highest BCUT2D eigenvalue weighted by Crippen LogP contribution is 2.15. The summed E-state index contributed by atoms with van der Waals surface area (Å²) in [5.41, 5.74) is 2.02. The van der Waals surface area contributed by atoms with E-state index in [4.69, 9.17) is 4.42 Å². The standard InChI is InChI=1S/C17H21FN2O2/c1-11-7-15(12(2)22-11)17(21)19-9-13-5-6-16(18)14(8-13)10-20(3)4/h5-8H,9-10H2,1-4H3,(H,19,21). The summed E-state index contributed by atoms with van der Waals surface area (Å²) >= 11 is 0. The molecule has 22 heavy (non-hydrogen) atoms. The summed E-state index contributed by atoms with van der Waals surface area (Å²) in [5, 5.41) is 2.83. The van der Waals surface area contributed by atoms with Crippen LogP contribution >= 0.6 is 0 Å². The lowest BCUT2D eigenvalue weighted by atomic mass is 10.1. The van der Waals surface area contributed by atoms with Gasteiger partial charge in [-0.15, -0.1) is 0 Å². The molecule has 1 amide bonds. The van der Waals surface area contributed by atoms with E-state index in [-0.39, 0.29) is 11.7 Å². The molecule has 118 valence electrons. The van der Waals surface area contributed by atoms with Gasteiger partial charge in [-0.2, -0.15) is 0 Å². The van der Waals surface area contributed by atoms with Crippen molar-refractivity contribution in [3.8, 4) is 0 Å². The topological polar surface area (TPSA) is 45.5 Å². The maximum atomic E-state index is 13.7.